The molecule has 1 rings (SSSR count). The van der Waals surface area contributed by atoms with E-state index >= 15 is 0 Å². The Hall–Kier alpha value is -1.18. The van der Waals surface area contributed by atoms with Crippen LogP contribution in [0.25, 0.3) is 0 Å². The zero-order chi connectivity index (χ0) is 42.2. The Kier molecular flexibility index (Phi) is 38.9. The summed E-state index contributed by atoms with van der Waals surface area (Å²) in [4.78, 5) is 33.8. The first-order chi connectivity index (χ1) is 28.4. The molecule has 1 heterocycles. The van der Waals surface area contributed by atoms with Crippen molar-refractivity contribution in [2.24, 2.45) is 11.8 Å². The van der Waals surface area contributed by atoms with E-state index < -0.39 is 0 Å². The molecule has 0 bridgehead atoms. The van der Waals surface area contributed by atoms with Gasteiger partial charge in [-0.2, -0.15) is 0 Å². The van der Waals surface area contributed by atoms with E-state index in [-0.39, 0.29) is 25.0 Å². The largest absolute Gasteiger partial charge is 0.464 e. The molecular formula is C51H101N3O4. The van der Waals surface area contributed by atoms with Gasteiger partial charge < -0.3 is 14.4 Å². The number of piperazine rings is 1. The normalized spacial score (nSPS) is 14.9. The number of esters is 2. The lowest BCUT2D eigenvalue weighted by Crippen LogP contribution is -2.48. The average Bonchev–Trinajstić information content (AvgIpc) is 3.22. The molecule has 1 fully saturated rings. The predicted molar refractivity (Wildman–Crippen MR) is 250 cm³/mol. The number of ether oxygens (including phenoxy) is 2. The summed E-state index contributed by atoms with van der Waals surface area (Å²) in [7, 11) is 2.18. The van der Waals surface area contributed by atoms with Gasteiger partial charge in [0.2, 0.25) is 0 Å². The maximum atomic E-state index is 13.5. The van der Waals surface area contributed by atoms with Crippen molar-refractivity contribution in [3.8, 4) is 0 Å². The maximum Gasteiger partial charge on any atom is 0.320 e. The second kappa shape index (κ2) is 41.2. The van der Waals surface area contributed by atoms with E-state index in [4.69, 9.17) is 9.47 Å². The Balaban J connectivity index is 2.75. The molecule has 0 aromatic carbocycles. The summed E-state index contributed by atoms with van der Waals surface area (Å²) in [5, 5.41) is 0. The van der Waals surface area contributed by atoms with Crippen LogP contribution in [0, 0.1) is 11.8 Å². The SMILES string of the molecule is CCCCCCCCCCC(CCCCCCCC)COC(=O)CN(CCN1CCN(C)CC1)CC(=O)OCC(CCCCCCCC)CCCCCCCCCC. The Morgan fingerprint density at radius 2 is 0.741 bits per heavy atom. The van der Waals surface area contributed by atoms with Gasteiger partial charge in [0, 0.05) is 39.3 Å². The lowest BCUT2D eigenvalue weighted by atomic mass is 9.94. The highest BCUT2D eigenvalue weighted by molar-refractivity contribution is 5.75. The van der Waals surface area contributed by atoms with Crippen LogP contribution in [0.2, 0.25) is 0 Å². The van der Waals surface area contributed by atoms with E-state index in [1.165, 1.54) is 180 Å². The summed E-state index contributed by atoms with van der Waals surface area (Å²) >= 11 is 0. The number of unbranched alkanes of at least 4 members (excludes halogenated alkanes) is 24. The third-order valence-electron chi connectivity index (χ3n) is 12.9. The predicted octanol–water partition coefficient (Wildman–Crippen LogP) is 13.4. The summed E-state index contributed by atoms with van der Waals surface area (Å²) in [5.41, 5.74) is 0. The van der Waals surface area contributed by atoms with Crippen molar-refractivity contribution in [1.82, 2.24) is 14.7 Å². The molecule has 1 aliphatic heterocycles. The van der Waals surface area contributed by atoms with Crippen LogP contribution in [0.4, 0.5) is 0 Å². The topological polar surface area (TPSA) is 62.3 Å². The van der Waals surface area contributed by atoms with E-state index in [9.17, 15) is 9.59 Å². The van der Waals surface area contributed by atoms with Gasteiger partial charge in [0.15, 0.2) is 0 Å². The molecule has 1 saturated heterocycles. The van der Waals surface area contributed by atoms with Crippen molar-refractivity contribution in [2.75, 3.05) is 72.6 Å². The lowest BCUT2D eigenvalue weighted by molar-refractivity contribution is -0.150. The van der Waals surface area contributed by atoms with Crippen molar-refractivity contribution >= 4 is 11.9 Å². The van der Waals surface area contributed by atoms with Gasteiger partial charge in [-0.3, -0.25) is 19.4 Å². The molecule has 2 unspecified atom stereocenters. The summed E-state index contributed by atoms with van der Waals surface area (Å²) in [6, 6.07) is 0. The number of rotatable bonds is 43. The smallest absolute Gasteiger partial charge is 0.320 e. The number of likely N-dealkylation sites (N-methyl/N-ethyl adjacent to an activating group) is 1. The first-order valence-electron chi connectivity index (χ1n) is 25.9. The minimum atomic E-state index is -0.189. The van der Waals surface area contributed by atoms with Crippen LogP contribution in [-0.4, -0.2) is 99.3 Å². The molecule has 0 radical (unpaired) electrons. The third kappa shape index (κ3) is 34.5. The molecule has 0 N–H and O–H groups in total. The van der Waals surface area contributed by atoms with Crippen LogP contribution < -0.4 is 0 Å². The van der Waals surface area contributed by atoms with Crippen molar-refractivity contribution in [3.63, 3.8) is 0 Å². The van der Waals surface area contributed by atoms with Gasteiger partial charge >= 0.3 is 11.9 Å². The first kappa shape index (κ1) is 54.8. The maximum absolute atomic E-state index is 13.5. The molecule has 2 atom stereocenters. The number of nitrogens with zero attached hydrogens (tertiary/aromatic N) is 3. The standard InChI is InChI=1S/C51H101N3O4/c1-6-10-14-18-22-24-28-32-36-48(34-30-26-20-16-12-8-3)46-57-50(55)44-54(43-42-53-40-38-52(5)39-41-53)45-51(56)58-47-49(35-31-27-21-17-13-9-4)37-33-29-25-23-19-15-11-7-2/h48-49H,6-47H2,1-5H3. The highest BCUT2D eigenvalue weighted by Crippen LogP contribution is 2.22. The molecule has 7 nitrogen and oxygen atoms in total. The number of hydrogen-bond donors (Lipinski definition) is 0. The van der Waals surface area contributed by atoms with E-state index in [0.717, 1.165) is 58.4 Å². The molecule has 0 saturated carbocycles. The molecule has 344 valence electrons. The second-order valence-electron chi connectivity index (χ2n) is 18.6. The zero-order valence-corrected chi connectivity index (χ0v) is 39.8. The summed E-state index contributed by atoms with van der Waals surface area (Å²) in [6.45, 7) is 16.1. The number of carbonyl (C=O) groups is 2. The van der Waals surface area contributed by atoms with Crippen LogP contribution in [0.3, 0.4) is 0 Å². The monoisotopic (exact) mass is 820 g/mol. The fourth-order valence-electron chi connectivity index (χ4n) is 8.63. The van der Waals surface area contributed by atoms with Gasteiger partial charge in [-0.25, -0.2) is 0 Å². The fraction of sp³-hybridized carbons (Fsp3) is 0.961. The van der Waals surface area contributed by atoms with E-state index in [2.05, 4.69) is 44.5 Å². The van der Waals surface area contributed by atoms with Crippen molar-refractivity contribution in [1.29, 1.82) is 0 Å². The number of carbonyl (C=O) groups excluding carboxylic acids is 2. The minimum absolute atomic E-state index is 0.157. The third-order valence-corrected chi connectivity index (χ3v) is 12.9. The van der Waals surface area contributed by atoms with Crippen molar-refractivity contribution in [3.05, 3.63) is 0 Å². The van der Waals surface area contributed by atoms with E-state index in [0.29, 0.717) is 31.6 Å². The van der Waals surface area contributed by atoms with Crippen LogP contribution in [0.5, 0.6) is 0 Å². The summed E-state index contributed by atoms with van der Waals surface area (Å²) in [6.07, 6.45) is 41.3. The average molecular weight is 820 g/mol. The van der Waals surface area contributed by atoms with Crippen molar-refractivity contribution in [2.45, 2.75) is 233 Å². The van der Waals surface area contributed by atoms with Crippen LogP contribution in [0.1, 0.15) is 233 Å². The Morgan fingerprint density at radius 3 is 1.05 bits per heavy atom. The molecule has 0 aliphatic carbocycles. The molecule has 1 aliphatic rings. The number of hydrogen-bond acceptors (Lipinski definition) is 7. The fourth-order valence-corrected chi connectivity index (χ4v) is 8.63. The molecular weight excluding hydrogens is 719 g/mol. The highest BCUT2D eigenvalue weighted by atomic mass is 16.5. The van der Waals surface area contributed by atoms with Gasteiger partial charge in [0.1, 0.15) is 0 Å². The molecule has 7 heteroatoms. The summed E-state index contributed by atoms with van der Waals surface area (Å²) in [5.74, 6) is 0.489. The molecule has 0 aromatic heterocycles. The van der Waals surface area contributed by atoms with Gasteiger partial charge in [0.05, 0.1) is 26.3 Å². The molecule has 0 amide bonds. The highest BCUT2D eigenvalue weighted by Gasteiger charge is 2.22. The Labute approximate surface area is 362 Å². The van der Waals surface area contributed by atoms with Gasteiger partial charge in [-0.15, -0.1) is 0 Å². The minimum Gasteiger partial charge on any atom is -0.464 e. The van der Waals surface area contributed by atoms with Gasteiger partial charge in [-0.1, -0.05) is 207 Å². The quantitative estimate of drug-likeness (QED) is 0.0448. The van der Waals surface area contributed by atoms with E-state index in [1.54, 1.807) is 0 Å². The Bertz CT molecular complexity index is 837. The second-order valence-corrected chi connectivity index (χ2v) is 18.6. The van der Waals surface area contributed by atoms with Crippen LogP contribution >= 0.6 is 0 Å². The first-order valence-corrected chi connectivity index (χ1v) is 25.9. The van der Waals surface area contributed by atoms with Crippen molar-refractivity contribution < 1.29 is 19.1 Å². The van der Waals surface area contributed by atoms with Gasteiger partial charge in [0.25, 0.3) is 0 Å². The zero-order valence-electron chi connectivity index (χ0n) is 39.8. The molecule has 58 heavy (non-hydrogen) atoms. The summed E-state index contributed by atoms with van der Waals surface area (Å²) < 4.78 is 12.1. The van der Waals surface area contributed by atoms with E-state index in [1.807, 2.05) is 4.90 Å². The molecule has 0 spiro atoms. The molecule has 0 aromatic rings. The van der Waals surface area contributed by atoms with Crippen LogP contribution in [0.15, 0.2) is 0 Å². The van der Waals surface area contributed by atoms with Gasteiger partial charge in [-0.05, 0) is 44.6 Å². The lowest BCUT2D eigenvalue weighted by Gasteiger charge is -2.33. The van der Waals surface area contributed by atoms with Crippen LogP contribution in [-0.2, 0) is 19.1 Å². The Morgan fingerprint density at radius 1 is 0.448 bits per heavy atom.